The van der Waals surface area contributed by atoms with Crippen molar-refractivity contribution in [3.8, 4) is 0 Å². The number of rotatable bonds is 13. The molecule has 0 saturated carbocycles. The maximum atomic E-state index is 13.1. The van der Waals surface area contributed by atoms with Gasteiger partial charge < -0.3 is 4.74 Å². The number of hydrogen-bond donors (Lipinski definition) is 0. The molecule has 0 saturated heterocycles. The van der Waals surface area contributed by atoms with Crippen LogP contribution in [0.25, 0.3) is 0 Å². The predicted molar refractivity (Wildman–Crippen MR) is 74.4 cm³/mol. The summed E-state index contributed by atoms with van der Waals surface area (Å²) in [5.74, 6) is -19.5. The second kappa shape index (κ2) is 10.2. The maximum Gasteiger partial charge on any atom is 0.381 e. The lowest BCUT2D eigenvalue weighted by molar-refractivity contribution is -0.344. The average molecular weight is 386 g/mol. The van der Waals surface area contributed by atoms with Gasteiger partial charge in [-0.15, -0.1) is 0 Å². The second-order valence-corrected chi connectivity index (χ2v) is 5.73. The van der Waals surface area contributed by atoms with E-state index in [1.54, 1.807) is 0 Å². The molecule has 0 N–H and O–H groups in total. The van der Waals surface area contributed by atoms with Crippen molar-refractivity contribution >= 4 is 5.97 Å². The highest BCUT2D eigenvalue weighted by molar-refractivity contribution is 5.69. The van der Waals surface area contributed by atoms with Gasteiger partial charge in [0.05, 0.1) is 0 Å². The van der Waals surface area contributed by atoms with E-state index < -0.39 is 36.8 Å². The largest absolute Gasteiger partial charge is 0.459 e. The molecule has 0 unspecified atom stereocenters. The number of carbonyl (C=O) groups is 1. The van der Waals surface area contributed by atoms with Gasteiger partial charge in [-0.2, -0.15) is 26.3 Å². The van der Waals surface area contributed by atoms with E-state index in [4.69, 9.17) is 0 Å². The molecule has 0 bridgehead atoms. The topological polar surface area (TPSA) is 26.3 Å². The van der Waals surface area contributed by atoms with E-state index in [-0.39, 0.29) is 12.8 Å². The number of alkyl halides is 8. The van der Waals surface area contributed by atoms with Crippen molar-refractivity contribution < 1.29 is 44.7 Å². The van der Waals surface area contributed by atoms with Crippen molar-refractivity contribution in [2.75, 3.05) is 6.61 Å². The van der Waals surface area contributed by atoms with Crippen molar-refractivity contribution in [2.24, 2.45) is 0 Å². The Balaban J connectivity index is 4.29. The third-order valence-electron chi connectivity index (χ3n) is 3.55. The molecule has 150 valence electrons. The first kappa shape index (κ1) is 23.9. The number of ether oxygens (including phenoxy) is 1. The smallest absolute Gasteiger partial charge is 0.381 e. The third-order valence-corrected chi connectivity index (χ3v) is 3.55. The fraction of sp³-hybridized carbons (Fsp3) is 0.933. The molecule has 0 aromatic carbocycles. The molecule has 0 aliphatic heterocycles. The quantitative estimate of drug-likeness (QED) is 0.226. The molecule has 25 heavy (non-hydrogen) atoms. The number of hydrogen-bond acceptors (Lipinski definition) is 2. The lowest BCUT2D eigenvalue weighted by atomic mass is 10.1. The van der Waals surface area contributed by atoms with Crippen molar-refractivity contribution in [3.63, 3.8) is 0 Å². The summed E-state index contributed by atoms with van der Waals surface area (Å²) in [6.07, 6.45) is 0.371. The van der Waals surface area contributed by atoms with Gasteiger partial charge in [-0.3, -0.25) is 4.79 Å². The summed E-state index contributed by atoms with van der Waals surface area (Å²) >= 11 is 0. The molecule has 0 heterocycles. The van der Waals surface area contributed by atoms with Crippen LogP contribution in [0.3, 0.4) is 0 Å². The normalized spacial score (nSPS) is 13.4. The van der Waals surface area contributed by atoms with Gasteiger partial charge in [-0.05, 0) is 6.42 Å². The molecule has 0 aliphatic rings. The van der Waals surface area contributed by atoms with Crippen LogP contribution in [0.2, 0.25) is 0 Å². The van der Waals surface area contributed by atoms with E-state index in [0.29, 0.717) is 6.42 Å². The van der Waals surface area contributed by atoms with Crippen molar-refractivity contribution in [2.45, 2.75) is 82.5 Å². The third kappa shape index (κ3) is 6.97. The maximum absolute atomic E-state index is 13.1. The van der Waals surface area contributed by atoms with Gasteiger partial charge in [0.2, 0.25) is 0 Å². The second-order valence-electron chi connectivity index (χ2n) is 5.73. The van der Waals surface area contributed by atoms with Crippen LogP contribution < -0.4 is 0 Å². The van der Waals surface area contributed by atoms with E-state index in [1.807, 2.05) is 6.92 Å². The van der Waals surface area contributed by atoms with Crippen LogP contribution in [0.5, 0.6) is 0 Å². The fourth-order valence-corrected chi connectivity index (χ4v) is 1.94. The molecule has 0 aromatic rings. The summed E-state index contributed by atoms with van der Waals surface area (Å²) < 4.78 is 105. The first-order chi connectivity index (χ1) is 11.4. The van der Waals surface area contributed by atoms with Gasteiger partial charge in [0.1, 0.15) is 0 Å². The molecule has 0 aliphatic carbocycles. The van der Waals surface area contributed by atoms with E-state index in [9.17, 15) is 39.9 Å². The summed E-state index contributed by atoms with van der Waals surface area (Å²) in [7, 11) is 0. The molecule has 0 amide bonds. The Bertz CT molecular complexity index is 399. The van der Waals surface area contributed by atoms with Crippen LogP contribution in [0, 0.1) is 0 Å². The number of unbranched alkanes of at least 4 members (excludes halogenated alkanes) is 6. The molecule has 0 fully saturated rings. The minimum absolute atomic E-state index is 0.264. The first-order valence-electron chi connectivity index (χ1n) is 7.97. The Morgan fingerprint density at radius 1 is 0.880 bits per heavy atom. The summed E-state index contributed by atoms with van der Waals surface area (Å²) in [6.45, 7) is -0.357. The Morgan fingerprint density at radius 2 is 1.36 bits per heavy atom. The van der Waals surface area contributed by atoms with Gasteiger partial charge in [0.15, 0.2) is 6.61 Å². The summed E-state index contributed by atoms with van der Waals surface area (Å²) in [4.78, 5) is 11.2. The molecule has 0 rings (SSSR count). The van der Waals surface area contributed by atoms with Gasteiger partial charge in [0.25, 0.3) is 0 Å². The molecule has 0 spiro atoms. The monoisotopic (exact) mass is 386 g/mol. The van der Waals surface area contributed by atoms with Gasteiger partial charge in [0, 0.05) is 6.42 Å². The zero-order valence-electron chi connectivity index (χ0n) is 13.8. The van der Waals surface area contributed by atoms with Crippen LogP contribution >= 0.6 is 0 Å². The Morgan fingerprint density at radius 3 is 1.84 bits per heavy atom. The molecule has 0 aromatic heterocycles. The SMILES string of the molecule is CCCCCCCCCC(=O)OCC(F)(F)C(F)(F)C(F)(F)C(F)F. The standard InChI is InChI=1S/C15H22F8O2/c1-2-3-4-5-6-7-8-9-11(24)25-10-13(18,19)15(22,23)14(20,21)12(16)17/h12H,2-10H2,1H3. The van der Waals surface area contributed by atoms with Crippen LogP contribution in [-0.2, 0) is 9.53 Å². The van der Waals surface area contributed by atoms with E-state index in [0.717, 1.165) is 32.1 Å². The fourth-order valence-electron chi connectivity index (χ4n) is 1.94. The zero-order chi connectivity index (χ0) is 19.7. The lowest BCUT2D eigenvalue weighted by Gasteiger charge is -2.31. The molecular weight excluding hydrogens is 364 g/mol. The minimum Gasteiger partial charge on any atom is -0.459 e. The van der Waals surface area contributed by atoms with Gasteiger partial charge in [-0.1, -0.05) is 45.4 Å². The summed E-state index contributed by atoms with van der Waals surface area (Å²) in [5, 5.41) is 0. The summed E-state index contributed by atoms with van der Waals surface area (Å²) in [5.41, 5.74) is 0. The lowest BCUT2D eigenvalue weighted by Crippen LogP contribution is -2.59. The predicted octanol–water partition coefficient (Wildman–Crippen LogP) is 5.84. The Labute approximate surface area is 140 Å². The highest BCUT2D eigenvalue weighted by atomic mass is 19.4. The van der Waals surface area contributed by atoms with Gasteiger partial charge >= 0.3 is 30.2 Å². The van der Waals surface area contributed by atoms with Crippen molar-refractivity contribution in [3.05, 3.63) is 0 Å². The van der Waals surface area contributed by atoms with Crippen LogP contribution in [0.4, 0.5) is 35.1 Å². The highest BCUT2D eigenvalue weighted by Gasteiger charge is 2.75. The van der Waals surface area contributed by atoms with Crippen molar-refractivity contribution in [1.29, 1.82) is 0 Å². The van der Waals surface area contributed by atoms with Crippen LogP contribution in [0.1, 0.15) is 58.3 Å². The highest BCUT2D eigenvalue weighted by Crippen LogP contribution is 2.48. The Hall–Kier alpha value is -1.09. The van der Waals surface area contributed by atoms with E-state index in [1.165, 1.54) is 0 Å². The molecule has 0 atom stereocenters. The Kier molecular flexibility index (Phi) is 9.71. The van der Waals surface area contributed by atoms with Crippen LogP contribution in [-0.4, -0.2) is 36.8 Å². The number of halogens is 8. The summed E-state index contributed by atoms with van der Waals surface area (Å²) in [6, 6.07) is 0. The number of esters is 1. The van der Waals surface area contributed by atoms with Crippen LogP contribution in [0.15, 0.2) is 0 Å². The molecular formula is C15H22F8O2. The average Bonchev–Trinajstić information content (AvgIpc) is 2.51. The van der Waals surface area contributed by atoms with E-state index in [2.05, 4.69) is 4.74 Å². The van der Waals surface area contributed by atoms with Gasteiger partial charge in [-0.25, -0.2) is 8.78 Å². The number of carbonyl (C=O) groups excluding carboxylic acids is 1. The minimum atomic E-state index is -6.35. The zero-order valence-corrected chi connectivity index (χ0v) is 13.8. The molecule has 0 radical (unpaired) electrons. The molecule has 2 nitrogen and oxygen atoms in total. The van der Waals surface area contributed by atoms with E-state index >= 15 is 0 Å². The van der Waals surface area contributed by atoms with Crippen molar-refractivity contribution in [1.82, 2.24) is 0 Å². The first-order valence-corrected chi connectivity index (χ1v) is 7.97. The molecule has 10 heteroatoms.